The Kier molecular flexibility index (Phi) is 5.06. The number of aromatic nitrogens is 1. The number of amidine groups is 1. The predicted molar refractivity (Wildman–Crippen MR) is 81.7 cm³/mol. The molecule has 1 aromatic heterocycles. The van der Waals surface area contributed by atoms with Crippen molar-refractivity contribution in [2.75, 3.05) is 13.1 Å². The molecule has 0 aliphatic carbocycles. The van der Waals surface area contributed by atoms with Gasteiger partial charge in [0, 0.05) is 29.3 Å². The van der Waals surface area contributed by atoms with Crippen molar-refractivity contribution in [1.82, 2.24) is 10.3 Å². The molecular weight excluding hydrogens is 262 g/mol. The molecule has 0 saturated heterocycles. The van der Waals surface area contributed by atoms with E-state index in [-0.39, 0.29) is 0 Å². The van der Waals surface area contributed by atoms with Crippen LogP contribution in [0, 0.1) is 12.8 Å². The van der Waals surface area contributed by atoms with E-state index in [4.69, 9.17) is 0 Å². The van der Waals surface area contributed by atoms with Crippen LogP contribution >= 0.6 is 23.1 Å². The molecule has 0 fully saturated rings. The lowest BCUT2D eigenvalue weighted by molar-refractivity contribution is 0.575. The van der Waals surface area contributed by atoms with Gasteiger partial charge in [0.1, 0.15) is 0 Å². The van der Waals surface area contributed by atoms with Gasteiger partial charge in [-0.05, 0) is 19.3 Å². The van der Waals surface area contributed by atoms with Crippen molar-refractivity contribution in [2.45, 2.75) is 38.9 Å². The third-order valence-corrected chi connectivity index (χ3v) is 4.93. The first kappa shape index (κ1) is 13.9. The van der Waals surface area contributed by atoms with Crippen LogP contribution in [-0.4, -0.2) is 28.5 Å². The highest BCUT2D eigenvalue weighted by Crippen LogP contribution is 2.25. The summed E-state index contributed by atoms with van der Waals surface area (Å²) in [5, 5.41) is 8.53. The lowest BCUT2D eigenvalue weighted by atomic mass is 10.1. The molecule has 0 saturated carbocycles. The minimum Gasteiger partial charge on any atom is -0.364 e. The molecule has 2 heterocycles. The third-order valence-electron chi connectivity index (χ3n) is 2.73. The maximum absolute atomic E-state index is 4.56. The SMILES string of the molecule is Cc1csc(CCNC2=NCC(CC(C)C)S2)n1. The molecule has 18 heavy (non-hydrogen) atoms. The van der Waals surface area contributed by atoms with Gasteiger partial charge in [-0.3, -0.25) is 4.99 Å². The zero-order chi connectivity index (χ0) is 13.0. The second kappa shape index (κ2) is 6.57. The molecule has 1 atom stereocenters. The molecule has 3 nitrogen and oxygen atoms in total. The molecule has 0 amide bonds. The fraction of sp³-hybridized carbons (Fsp3) is 0.692. The van der Waals surface area contributed by atoms with Crippen molar-refractivity contribution in [3.63, 3.8) is 0 Å². The van der Waals surface area contributed by atoms with Gasteiger partial charge in [-0.2, -0.15) is 0 Å². The Morgan fingerprint density at radius 3 is 3.00 bits per heavy atom. The minimum absolute atomic E-state index is 0.676. The van der Waals surface area contributed by atoms with Crippen molar-refractivity contribution in [2.24, 2.45) is 10.9 Å². The summed E-state index contributed by atoms with van der Waals surface area (Å²) in [5.74, 6) is 0.760. The summed E-state index contributed by atoms with van der Waals surface area (Å²) in [6.07, 6.45) is 2.25. The van der Waals surface area contributed by atoms with E-state index in [2.05, 4.69) is 34.5 Å². The number of nitrogens with one attached hydrogen (secondary N) is 1. The van der Waals surface area contributed by atoms with Crippen LogP contribution in [0.2, 0.25) is 0 Å². The molecule has 100 valence electrons. The summed E-state index contributed by atoms with van der Waals surface area (Å²) >= 11 is 3.64. The first-order valence-electron chi connectivity index (χ1n) is 6.49. The van der Waals surface area contributed by atoms with E-state index in [0.29, 0.717) is 5.25 Å². The van der Waals surface area contributed by atoms with E-state index in [1.54, 1.807) is 11.3 Å². The molecule has 1 aliphatic rings. The Morgan fingerprint density at radius 1 is 1.50 bits per heavy atom. The lowest BCUT2D eigenvalue weighted by Gasteiger charge is -2.10. The van der Waals surface area contributed by atoms with Crippen molar-refractivity contribution in [1.29, 1.82) is 0 Å². The zero-order valence-electron chi connectivity index (χ0n) is 11.3. The molecule has 0 aromatic carbocycles. The molecule has 5 heteroatoms. The second-order valence-corrected chi connectivity index (χ2v) is 7.31. The average Bonchev–Trinajstić information content (AvgIpc) is 2.88. The maximum atomic E-state index is 4.56. The molecule has 0 radical (unpaired) electrons. The quantitative estimate of drug-likeness (QED) is 0.902. The Bertz CT molecular complexity index is 412. The number of thiazole rings is 1. The number of hydrogen-bond donors (Lipinski definition) is 1. The molecule has 0 spiro atoms. The predicted octanol–water partition coefficient (Wildman–Crippen LogP) is 3.10. The molecule has 2 rings (SSSR count). The fourth-order valence-corrected chi connectivity index (χ4v) is 4.01. The first-order chi connectivity index (χ1) is 8.63. The highest BCUT2D eigenvalue weighted by molar-refractivity contribution is 8.14. The molecular formula is C13H21N3S2. The van der Waals surface area contributed by atoms with E-state index in [1.165, 1.54) is 11.4 Å². The van der Waals surface area contributed by atoms with E-state index in [1.807, 2.05) is 18.7 Å². The Morgan fingerprint density at radius 2 is 2.33 bits per heavy atom. The standard InChI is InChI=1S/C13H21N3S2/c1-9(2)6-11-7-15-13(18-11)14-5-4-12-16-10(3)8-17-12/h8-9,11H,4-7H2,1-3H3,(H,14,15). The Labute approximate surface area is 118 Å². The van der Waals surface area contributed by atoms with Crippen LogP contribution in [0.5, 0.6) is 0 Å². The normalized spacial score (nSPS) is 19.3. The molecule has 1 unspecified atom stereocenters. The zero-order valence-corrected chi connectivity index (χ0v) is 12.9. The topological polar surface area (TPSA) is 37.3 Å². The van der Waals surface area contributed by atoms with Gasteiger partial charge >= 0.3 is 0 Å². The van der Waals surface area contributed by atoms with Gasteiger partial charge < -0.3 is 5.32 Å². The van der Waals surface area contributed by atoms with Gasteiger partial charge in [-0.15, -0.1) is 11.3 Å². The summed E-state index contributed by atoms with van der Waals surface area (Å²) in [7, 11) is 0. The van der Waals surface area contributed by atoms with Gasteiger partial charge in [0.25, 0.3) is 0 Å². The van der Waals surface area contributed by atoms with Gasteiger partial charge in [0.15, 0.2) is 5.17 Å². The molecule has 1 aliphatic heterocycles. The average molecular weight is 283 g/mol. The van der Waals surface area contributed by atoms with Crippen LogP contribution < -0.4 is 5.32 Å². The van der Waals surface area contributed by atoms with Crippen LogP contribution in [0.15, 0.2) is 10.4 Å². The van der Waals surface area contributed by atoms with E-state index < -0.39 is 0 Å². The van der Waals surface area contributed by atoms with Gasteiger partial charge in [-0.1, -0.05) is 25.6 Å². The van der Waals surface area contributed by atoms with Crippen molar-refractivity contribution >= 4 is 28.3 Å². The lowest BCUT2D eigenvalue weighted by Crippen LogP contribution is -2.22. The van der Waals surface area contributed by atoms with Crippen molar-refractivity contribution in [3.05, 3.63) is 16.1 Å². The number of hydrogen-bond acceptors (Lipinski definition) is 5. The van der Waals surface area contributed by atoms with Crippen LogP contribution in [0.3, 0.4) is 0 Å². The summed E-state index contributed by atoms with van der Waals surface area (Å²) in [6.45, 7) is 8.50. The number of rotatable bonds is 5. The first-order valence-corrected chi connectivity index (χ1v) is 8.25. The number of aryl methyl sites for hydroxylation is 1. The van der Waals surface area contributed by atoms with Gasteiger partial charge in [0.2, 0.25) is 0 Å². The number of nitrogens with zero attached hydrogens (tertiary/aromatic N) is 2. The maximum Gasteiger partial charge on any atom is 0.156 e. The third kappa shape index (κ3) is 4.28. The number of thioether (sulfide) groups is 1. The molecule has 0 bridgehead atoms. The smallest absolute Gasteiger partial charge is 0.156 e. The highest BCUT2D eigenvalue weighted by atomic mass is 32.2. The minimum atomic E-state index is 0.676. The van der Waals surface area contributed by atoms with E-state index in [9.17, 15) is 0 Å². The van der Waals surface area contributed by atoms with Crippen LogP contribution in [-0.2, 0) is 6.42 Å². The summed E-state index contributed by atoms with van der Waals surface area (Å²) < 4.78 is 0. The van der Waals surface area contributed by atoms with Crippen molar-refractivity contribution in [3.8, 4) is 0 Å². The Hall–Kier alpha value is -0.550. The highest BCUT2D eigenvalue weighted by Gasteiger charge is 2.20. The van der Waals surface area contributed by atoms with Crippen molar-refractivity contribution < 1.29 is 0 Å². The number of aliphatic imine (C=N–C) groups is 1. The summed E-state index contributed by atoms with van der Waals surface area (Å²) in [4.78, 5) is 9.02. The summed E-state index contributed by atoms with van der Waals surface area (Å²) in [6, 6.07) is 0. The van der Waals surface area contributed by atoms with Gasteiger partial charge in [0.05, 0.1) is 11.6 Å². The van der Waals surface area contributed by atoms with Crippen LogP contribution in [0.25, 0.3) is 0 Å². The Balaban J connectivity index is 1.66. The fourth-order valence-electron chi connectivity index (χ4n) is 1.96. The molecule has 1 aromatic rings. The summed E-state index contributed by atoms with van der Waals surface area (Å²) in [5.41, 5.74) is 1.12. The second-order valence-electron chi connectivity index (χ2n) is 5.07. The largest absolute Gasteiger partial charge is 0.364 e. The van der Waals surface area contributed by atoms with E-state index >= 15 is 0 Å². The van der Waals surface area contributed by atoms with E-state index in [0.717, 1.165) is 36.3 Å². The van der Waals surface area contributed by atoms with Gasteiger partial charge in [-0.25, -0.2) is 4.98 Å². The monoisotopic (exact) mass is 283 g/mol. The van der Waals surface area contributed by atoms with Crippen LogP contribution in [0.1, 0.15) is 31.0 Å². The molecule has 1 N–H and O–H groups in total. The van der Waals surface area contributed by atoms with Crippen LogP contribution in [0.4, 0.5) is 0 Å².